The van der Waals surface area contributed by atoms with Crippen molar-refractivity contribution in [2.75, 3.05) is 46.1 Å². The zero-order valence-electron chi connectivity index (χ0n) is 20.6. The van der Waals surface area contributed by atoms with Crippen molar-refractivity contribution in [3.8, 4) is 0 Å². The maximum atomic E-state index is 12.4. The second-order valence-electron chi connectivity index (χ2n) is 9.41. The number of amides is 3. The Bertz CT molecular complexity index is 752. The summed E-state index contributed by atoms with van der Waals surface area (Å²) in [7, 11) is 0. The summed E-state index contributed by atoms with van der Waals surface area (Å²) in [5, 5.41) is 32.2. The molecule has 0 bridgehead atoms. The van der Waals surface area contributed by atoms with Crippen LogP contribution in [0, 0.1) is 11.8 Å². The Morgan fingerprint density at radius 2 is 1.56 bits per heavy atom. The fourth-order valence-electron chi connectivity index (χ4n) is 4.56. The van der Waals surface area contributed by atoms with Crippen molar-refractivity contribution < 1.29 is 48.7 Å². The highest BCUT2D eigenvalue weighted by Crippen LogP contribution is 2.30. The summed E-state index contributed by atoms with van der Waals surface area (Å²) < 4.78 is 21.5. The van der Waals surface area contributed by atoms with E-state index in [1.54, 1.807) is 6.92 Å². The summed E-state index contributed by atoms with van der Waals surface area (Å²) in [6, 6.07) is 0. The van der Waals surface area contributed by atoms with E-state index >= 15 is 0 Å². The van der Waals surface area contributed by atoms with Crippen LogP contribution in [0.3, 0.4) is 0 Å². The third-order valence-corrected chi connectivity index (χ3v) is 6.79. The van der Waals surface area contributed by atoms with E-state index in [2.05, 4.69) is 5.32 Å². The second kappa shape index (κ2) is 14.1. The standard InChI is InChI=1S/C24H38N2O10/c1-15-20(29)21(30)22(31)24(36-15)35-13-12-34-11-10-33-9-8-25-23(32)17-4-2-16(3-5-17)14-26-18(27)6-7-19(26)28/h6-7,15-17,20-22,24,29-31H,2-5,8-14H2,1H3,(H,25,32). The van der Waals surface area contributed by atoms with Gasteiger partial charge in [0.15, 0.2) is 6.29 Å². The van der Waals surface area contributed by atoms with Crippen molar-refractivity contribution in [2.24, 2.45) is 11.8 Å². The lowest BCUT2D eigenvalue weighted by molar-refractivity contribution is -0.294. The van der Waals surface area contributed by atoms with Gasteiger partial charge in [-0.15, -0.1) is 0 Å². The van der Waals surface area contributed by atoms with E-state index in [-0.39, 0.29) is 42.8 Å². The van der Waals surface area contributed by atoms with E-state index in [9.17, 15) is 29.7 Å². The molecule has 1 saturated heterocycles. The van der Waals surface area contributed by atoms with Gasteiger partial charge in [0.2, 0.25) is 5.91 Å². The molecule has 204 valence electrons. The van der Waals surface area contributed by atoms with E-state index in [1.807, 2.05) is 0 Å². The summed E-state index contributed by atoms with van der Waals surface area (Å²) in [6.45, 7) is 3.79. The monoisotopic (exact) mass is 514 g/mol. The van der Waals surface area contributed by atoms with Crippen LogP contribution in [-0.2, 0) is 33.3 Å². The predicted octanol–water partition coefficient (Wildman–Crippen LogP) is -1.29. The Hall–Kier alpha value is -1.93. The lowest BCUT2D eigenvalue weighted by atomic mass is 9.81. The topological polar surface area (TPSA) is 164 Å². The molecular weight excluding hydrogens is 476 g/mol. The molecular formula is C24H38N2O10. The zero-order valence-corrected chi connectivity index (χ0v) is 20.6. The largest absolute Gasteiger partial charge is 0.388 e. The molecule has 1 aliphatic carbocycles. The van der Waals surface area contributed by atoms with Gasteiger partial charge in [0, 0.05) is 31.2 Å². The van der Waals surface area contributed by atoms with Gasteiger partial charge in [0.25, 0.3) is 11.8 Å². The quantitative estimate of drug-likeness (QED) is 0.172. The number of ether oxygens (including phenoxy) is 4. The number of hydrogen-bond acceptors (Lipinski definition) is 10. The molecule has 4 N–H and O–H groups in total. The first kappa shape index (κ1) is 28.6. The second-order valence-corrected chi connectivity index (χ2v) is 9.41. The summed E-state index contributed by atoms with van der Waals surface area (Å²) in [4.78, 5) is 37.0. The minimum Gasteiger partial charge on any atom is -0.388 e. The van der Waals surface area contributed by atoms with Gasteiger partial charge in [-0.25, -0.2) is 0 Å². The highest BCUT2D eigenvalue weighted by atomic mass is 16.7. The highest BCUT2D eigenvalue weighted by Gasteiger charge is 2.42. The molecule has 5 atom stereocenters. The normalized spacial score (nSPS) is 32.8. The van der Waals surface area contributed by atoms with E-state index in [0.29, 0.717) is 32.9 Å². The zero-order chi connectivity index (χ0) is 26.1. The molecule has 3 aliphatic rings. The van der Waals surface area contributed by atoms with Crippen LogP contribution >= 0.6 is 0 Å². The lowest BCUT2D eigenvalue weighted by Crippen LogP contribution is -2.57. The maximum Gasteiger partial charge on any atom is 0.253 e. The number of nitrogens with zero attached hydrogens (tertiary/aromatic N) is 1. The van der Waals surface area contributed by atoms with E-state index in [0.717, 1.165) is 25.7 Å². The first-order chi connectivity index (χ1) is 17.3. The molecule has 1 saturated carbocycles. The van der Waals surface area contributed by atoms with Gasteiger partial charge in [-0.3, -0.25) is 19.3 Å². The Balaban J connectivity index is 1.15. The van der Waals surface area contributed by atoms with E-state index in [1.165, 1.54) is 17.1 Å². The van der Waals surface area contributed by atoms with E-state index < -0.39 is 30.7 Å². The molecule has 3 rings (SSSR count). The van der Waals surface area contributed by atoms with Crippen LogP contribution in [0.5, 0.6) is 0 Å². The first-order valence-corrected chi connectivity index (χ1v) is 12.6. The van der Waals surface area contributed by atoms with Gasteiger partial charge < -0.3 is 39.6 Å². The molecule has 2 aliphatic heterocycles. The SMILES string of the molecule is CC1OC(OCCOCCOCCNC(=O)C2CCC(CN3C(=O)C=CC3=O)CC2)C(O)C(O)C1O. The average Bonchev–Trinajstić information content (AvgIpc) is 3.19. The molecule has 0 aromatic heterocycles. The van der Waals surface area contributed by atoms with Crippen molar-refractivity contribution in [2.45, 2.75) is 63.3 Å². The van der Waals surface area contributed by atoms with Crippen molar-refractivity contribution in [1.29, 1.82) is 0 Å². The minimum absolute atomic E-state index is 0.000449. The lowest BCUT2D eigenvalue weighted by Gasteiger charge is -2.38. The van der Waals surface area contributed by atoms with Crippen LogP contribution in [-0.4, -0.2) is 115 Å². The molecule has 0 spiro atoms. The number of carbonyl (C=O) groups excluding carboxylic acids is 3. The fraction of sp³-hybridized carbons (Fsp3) is 0.792. The third-order valence-electron chi connectivity index (χ3n) is 6.79. The molecule has 0 radical (unpaired) electrons. The predicted molar refractivity (Wildman–Crippen MR) is 124 cm³/mol. The minimum atomic E-state index is -1.34. The van der Waals surface area contributed by atoms with Gasteiger partial charge in [-0.1, -0.05) is 0 Å². The molecule has 5 unspecified atom stereocenters. The molecule has 36 heavy (non-hydrogen) atoms. The number of hydrogen-bond donors (Lipinski definition) is 4. The van der Waals surface area contributed by atoms with Crippen LogP contribution in [0.2, 0.25) is 0 Å². The number of aliphatic hydroxyl groups is 3. The van der Waals surface area contributed by atoms with Gasteiger partial charge in [0.1, 0.15) is 18.3 Å². The highest BCUT2D eigenvalue weighted by molar-refractivity contribution is 6.12. The molecule has 0 aromatic rings. The summed E-state index contributed by atoms with van der Waals surface area (Å²) in [5.74, 6) is -0.348. The van der Waals surface area contributed by atoms with Gasteiger partial charge in [0.05, 0.1) is 39.1 Å². The molecule has 3 amide bonds. The van der Waals surface area contributed by atoms with Gasteiger partial charge in [-0.2, -0.15) is 0 Å². The van der Waals surface area contributed by atoms with Gasteiger partial charge in [-0.05, 0) is 38.5 Å². The summed E-state index contributed by atoms with van der Waals surface area (Å²) in [6.07, 6.45) is 0.137. The maximum absolute atomic E-state index is 12.4. The summed E-state index contributed by atoms with van der Waals surface area (Å²) >= 11 is 0. The van der Waals surface area contributed by atoms with E-state index in [4.69, 9.17) is 18.9 Å². The first-order valence-electron chi connectivity index (χ1n) is 12.6. The number of aliphatic hydroxyl groups excluding tert-OH is 3. The molecule has 2 heterocycles. The smallest absolute Gasteiger partial charge is 0.253 e. The Morgan fingerprint density at radius 1 is 0.944 bits per heavy atom. The number of imide groups is 1. The molecule has 12 heteroatoms. The third kappa shape index (κ3) is 8.04. The van der Waals surface area contributed by atoms with Crippen molar-refractivity contribution in [3.05, 3.63) is 12.2 Å². The van der Waals surface area contributed by atoms with Crippen molar-refractivity contribution >= 4 is 17.7 Å². The fourth-order valence-corrected chi connectivity index (χ4v) is 4.56. The molecule has 12 nitrogen and oxygen atoms in total. The van der Waals surface area contributed by atoms with Crippen LogP contribution < -0.4 is 5.32 Å². The van der Waals surface area contributed by atoms with Crippen LogP contribution in [0.4, 0.5) is 0 Å². The number of rotatable bonds is 13. The summed E-state index contributed by atoms with van der Waals surface area (Å²) in [5.41, 5.74) is 0. The van der Waals surface area contributed by atoms with Crippen LogP contribution in [0.25, 0.3) is 0 Å². The average molecular weight is 515 g/mol. The van der Waals surface area contributed by atoms with Crippen LogP contribution in [0.15, 0.2) is 12.2 Å². The number of nitrogens with one attached hydrogen (secondary N) is 1. The van der Waals surface area contributed by atoms with Crippen molar-refractivity contribution in [1.82, 2.24) is 10.2 Å². The molecule has 2 fully saturated rings. The van der Waals surface area contributed by atoms with Crippen LogP contribution in [0.1, 0.15) is 32.6 Å². The Labute approximate surface area is 210 Å². The Kier molecular flexibility index (Phi) is 11.2. The van der Waals surface area contributed by atoms with Gasteiger partial charge >= 0.3 is 0 Å². The molecule has 0 aromatic carbocycles. The Morgan fingerprint density at radius 3 is 2.22 bits per heavy atom. The van der Waals surface area contributed by atoms with Crippen molar-refractivity contribution in [3.63, 3.8) is 0 Å². The number of carbonyl (C=O) groups is 3.